The van der Waals surface area contributed by atoms with Crippen molar-refractivity contribution in [2.45, 2.75) is 33.6 Å². The average molecular weight is 230 g/mol. The van der Waals surface area contributed by atoms with E-state index in [0.29, 0.717) is 17.8 Å². The molecule has 0 amide bonds. The molecule has 90 valence electrons. The molecule has 0 saturated carbocycles. The SMILES string of the molecule is CC1=C[C@@H]2C3=C(C)C(=O)OC3=C[C@@H](C)[C@H]2CC1. The van der Waals surface area contributed by atoms with Crippen molar-refractivity contribution in [3.8, 4) is 0 Å². The second kappa shape index (κ2) is 3.59. The van der Waals surface area contributed by atoms with Crippen LogP contribution in [0.2, 0.25) is 0 Å². The number of esters is 1. The molecule has 0 N–H and O–H groups in total. The van der Waals surface area contributed by atoms with Crippen LogP contribution in [0.4, 0.5) is 0 Å². The Balaban J connectivity index is 2.14. The number of fused-ring (bicyclic) bond motifs is 3. The highest BCUT2D eigenvalue weighted by atomic mass is 16.5. The first-order chi connectivity index (χ1) is 8.08. The van der Waals surface area contributed by atoms with Crippen LogP contribution in [-0.4, -0.2) is 5.97 Å². The predicted molar refractivity (Wildman–Crippen MR) is 66.0 cm³/mol. The van der Waals surface area contributed by atoms with E-state index in [1.54, 1.807) is 0 Å². The molecule has 0 radical (unpaired) electrons. The van der Waals surface area contributed by atoms with Gasteiger partial charge in [-0.25, -0.2) is 4.79 Å². The maximum Gasteiger partial charge on any atom is 0.339 e. The molecule has 1 aliphatic heterocycles. The van der Waals surface area contributed by atoms with Crippen molar-refractivity contribution >= 4 is 5.97 Å². The third kappa shape index (κ3) is 1.50. The van der Waals surface area contributed by atoms with Gasteiger partial charge in [0.2, 0.25) is 0 Å². The minimum Gasteiger partial charge on any atom is -0.423 e. The van der Waals surface area contributed by atoms with E-state index in [0.717, 1.165) is 16.9 Å². The van der Waals surface area contributed by atoms with Crippen molar-refractivity contribution in [2.75, 3.05) is 0 Å². The molecule has 0 aromatic rings. The zero-order valence-electron chi connectivity index (χ0n) is 10.6. The summed E-state index contributed by atoms with van der Waals surface area (Å²) in [5.41, 5.74) is 3.40. The Morgan fingerprint density at radius 2 is 2.06 bits per heavy atom. The third-order valence-electron chi connectivity index (χ3n) is 4.40. The van der Waals surface area contributed by atoms with Crippen LogP contribution in [0.3, 0.4) is 0 Å². The Bertz CT molecular complexity index is 479. The van der Waals surface area contributed by atoms with E-state index in [2.05, 4.69) is 26.0 Å². The van der Waals surface area contributed by atoms with Gasteiger partial charge in [-0.15, -0.1) is 0 Å². The molecule has 0 saturated heterocycles. The fourth-order valence-corrected chi connectivity index (χ4v) is 3.40. The summed E-state index contributed by atoms with van der Waals surface area (Å²) in [6, 6.07) is 0. The predicted octanol–water partition coefficient (Wildman–Crippen LogP) is 3.37. The average Bonchev–Trinajstić information content (AvgIpc) is 2.54. The van der Waals surface area contributed by atoms with E-state index in [4.69, 9.17) is 4.74 Å². The Morgan fingerprint density at radius 3 is 2.82 bits per heavy atom. The number of ether oxygens (including phenoxy) is 1. The molecule has 2 aliphatic carbocycles. The second-order valence-corrected chi connectivity index (χ2v) is 5.56. The van der Waals surface area contributed by atoms with E-state index in [9.17, 15) is 4.79 Å². The van der Waals surface area contributed by atoms with Crippen molar-refractivity contribution in [3.63, 3.8) is 0 Å². The second-order valence-electron chi connectivity index (χ2n) is 5.56. The van der Waals surface area contributed by atoms with Crippen LogP contribution in [0.15, 0.2) is 34.6 Å². The molecule has 3 aliphatic rings. The molecule has 3 atom stereocenters. The highest BCUT2D eigenvalue weighted by Gasteiger charge is 2.41. The molecule has 0 spiro atoms. The van der Waals surface area contributed by atoms with Crippen molar-refractivity contribution in [3.05, 3.63) is 34.6 Å². The molecule has 0 aromatic heterocycles. The molecule has 0 fully saturated rings. The van der Waals surface area contributed by atoms with Gasteiger partial charge < -0.3 is 4.74 Å². The summed E-state index contributed by atoms with van der Waals surface area (Å²) in [6.45, 7) is 6.31. The maximum absolute atomic E-state index is 11.7. The minimum absolute atomic E-state index is 0.157. The molecule has 17 heavy (non-hydrogen) atoms. The van der Waals surface area contributed by atoms with Crippen LogP contribution in [0.1, 0.15) is 33.6 Å². The number of rotatable bonds is 0. The number of carbonyl (C=O) groups excluding carboxylic acids is 1. The van der Waals surface area contributed by atoms with Gasteiger partial charge in [0, 0.05) is 17.1 Å². The summed E-state index contributed by atoms with van der Waals surface area (Å²) < 4.78 is 5.35. The van der Waals surface area contributed by atoms with Gasteiger partial charge in [-0.3, -0.25) is 0 Å². The monoisotopic (exact) mass is 230 g/mol. The third-order valence-corrected chi connectivity index (χ3v) is 4.40. The summed E-state index contributed by atoms with van der Waals surface area (Å²) in [5.74, 6) is 2.21. The first kappa shape index (κ1) is 10.8. The first-order valence-electron chi connectivity index (χ1n) is 6.40. The molecular weight excluding hydrogens is 212 g/mol. The fraction of sp³-hybridized carbons (Fsp3) is 0.533. The molecule has 1 heterocycles. The molecule has 0 bridgehead atoms. The number of hydrogen-bond donors (Lipinski definition) is 0. The van der Waals surface area contributed by atoms with Gasteiger partial charge in [0.15, 0.2) is 0 Å². The highest BCUT2D eigenvalue weighted by Crippen LogP contribution is 2.48. The number of hydrogen-bond acceptors (Lipinski definition) is 2. The van der Waals surface area contributed by atoms with Gasteiger partial charge in [0.05, 0.1) is 0 Å². The van der Waals surface area contributed by atoms with Crippen LogP contribution in [0, 0.1) is 17.8 Å². The lowest BCUT2D eigenvalue weighted by atomic mass is 9.67. The Morgan fingerprint density at radius 1 is 1.29 bits per heavy atom. The molecule has 3 rings (SSSR count). The Hall–Kier alpha value is -1.31. The van der Waals surface area contributed by atoms with Gasteiger partial charge in [-0.1, -0.05) is 18.6 Å². The molecular formula is C15H18O2. The summed E-state index contributed by atoms with van der Waals surface area (Å²) in [6.07, 6.45) is 6.90. The zero-order valence-corrected chi connectivity index (χ0v) is 10.6. The fourth-order valence-electron chi connectivity index (χ4n) is 3.40. The Labute approximate surface area is 102 Å². The highest BCUT2D eigenvalue weighted by molar-refractivity contribution is 5.94. The van der Waals surface area contributed by atoms with Crippen LogP contribution in [-0.2, 0) is 9.53 Å². The lowest BCUT2D eigenvalue weighted by Gasteiger charge is -2.37. The minimum atomic E-state index is -0.157. The van der Waals surface area contributed by atoms with Crippen molar-refractivity contribution in [1.82, 2.24) is 0 Å². The van der Waals surface area contributed by atoms with E-state index in [-0.39, 0.29) is 5.97 Å². The van der Waals surface area contributed by atoms with E-state index in [1.165, 1.54) is 18.4 Å². The largest absolute Gasteiger partial charge is 0.423 e. The smallest absolute Gasteiger partial charge is 0.339 e. The van der Waals surface area contributed by atoms with Gasteiger partial charge >= 0.3 is 5.97 Å². The topological polar surface area (TPSA) is 26.3 Å². The normalized spacial score (nSPS) is 35.9. The van der Waals surface area contributed by atoms with Crippen molar-refractivity contribution in [1.29, 1.82) is 0 Å². The van der Waals surface area contributed by atoms with Gasteiger partial charge in [-0.05, 0) is 44.6 Å². The Kier molecular flexibility index (Phi) is 2.29. The first-order valence-corrected chi connectivity index (χ1v) is 6.40. The zero-order chi connectivity index (χ0) is 12.2. The lowest BCUT2D eigenvalue weighted by Crippen LogP contribution is -2.28. The molecule has 0 unspecified atom stereocenters. The van der Waals surface area contributed by atoms with E-state index >= 15 is 0 Å². The van der Waals surface area contributed by atoms with Crippen LogP contribution < -0.4 is 0 Å². The maximum atomic E-state index is 11.7. The van der Waals surface area contributed by atoms with Crippen LogP contribution >= 0.6 is 0 Å². The summed E-state index contributed by atoms with van der Waals surface area (Å²) in [5, 5.41) is 0. The van der Waals surface area contributed by atoms with Crippen LogP contribution in [0.5, 0.6) is 0 Å². The van der Waals surface area contributed by atoms with E-state index in [1.807, 2.05) is 6.92 Å². The van der Waals surface area contributed by atoms with E-state index < -0.39 is 0 Å². The summed E-state index contributed by atoms with van der Waals surface area (Å²) in [4.78, 5) is 11.7. The summed E-state index contributed by atoms with van der Waals surface area (Å²) in [7, 11) is 0. The standard InChI is InChI=1S/C15H18O2/c1-8-4-5-11-9(2)7-13-14(12(11)6-8)10(3)15(16)17-13/h6-7,9,11-12H,4-5H2,1-3H3/t9-,11-,12+/m1/s1. The number of allylic oxidation sites excluding steroid dienone is 4. The molecule has 2 heteroatoms. The van der Waals surface area contributed by atoms with Crippen LogP contribution in [0.25, 0.3) is 0 Å². The molecule has 0 aromatic carbocycles. The van der Waals surface area contributed by atoms with Gasteiger partial charge in [0.1, 0.15) is 5.76 Å². The number of carbonyl (C=O) groups is 1. The lowest BCUT2D eigenvalue weighted by molar-refractivity contribution is -0.133. The van der Waals surface area contributed by atoms with Gasteiger partial charge in [0.25, 0.3) is 0 Å². The molecule has 2 nitrogen and oxygen atoms in total. The van der Waals surface area contributed by atoms with Crippen molar-refractivity contribution < 1.29 is 9.53 Å². The quantitative estimate of drug-likeness (QED) is 0.471. The summed E-state index contributed by atoms with van der Waals surface area (Å²) >= 11 is 0. The van der Waals surface area contributed by atoms with Crippen molar-refractivity contribution in [2.24, 2.45) is 17.8 Å². The van der Waals surface area contributed by atoms with Gasteiger partial charge in [-0.2, -0.15) is 0 Å².